The fourth-order valence-electron chi connectivity index (χ4n) is 1.99. The van der Waals surface area contributed by atoms with Gasteiger partial charge >= 0.3 is 0 Å². The Hall–Kier alpha value is -0.920. The van der Waals surface area contributed by atoms with Gasteiger partial charge in [0.1, 0.15) is 0 Å². The zero-order valence-corrected chi connectivity index (χ0v) is 14.2. The third-order valence-electron chi connectivity index (χ3n) is 3.25. The van der Waals surface area contributed by atoms with E-state index >= 15 is 0 Å². The first-order valence-corrected chi connectivity index (χ1v) is 9.59. The molecule has 7 heteroatoms. The molecule has 0 atom stereocenters. The van der Waals surface area contributed by atoms with E-state index in [-0.39, 0.29) is 32.1 Å². The molecule has 0 saturated carbocycles. The van der Waals surface area contributed by atoms with Crippen molar-refractivity contribution in [3.63, 3.8) is 0 Å². The average Bonchev–Trinajstić information content (AvgIpc) is 2.48. The Kier molecular flexibility index (Phi) is 12.1. The minimum atomic E-state index is -3.39. The van der Waals surface area contributed by atoms with Gasteiger partial charge in [-0.3, -0.25) is 4.79 Å². The van der Waals surface area contributed by atoms with Gasteiger partial charge in [0.15, 0.2) is 9.84 Å². The van der Waals surface area contributed by atoms with Crippen LogP contribution in [0.3, 0.4) is 0 Å². The van der Waals surface area contributed by atoms with Gasteiger partial charge in [-0.05, 0) is 6.42 Å². The van der Waals surface area contributed by atoms with E-state index in [9.17, 15) is 13.2 Å². The van der Waals surface area contributed by atoms with Crippen LogP contribution in [0, 0.1) is 0 Å². The SMILES string of the molecule is CCCCCCCCS(=O)(=O)C=CC(=O)N(CCO)CCO. The predicted molar refractivity (Wildman–Crippen MR) is 87.1 cm³/mol. The Morgan fingerprint density at radius 1 is 1.00 bits per heavy atom. The number of hydrogen-bond acceptors (Lipinski definition) is 5. The zero-order chi connectivity index (χ0) is 16.8. The number of rotatable bonds is 13. The molecule has 22 heavy (non-hydrogen) atoms. The van der Waals surface area contributed by atoms with Gasteiger partial charge in [-0.15, -0.1) is 0 Å². The predicted octanol–water partition coefficient (Wildman–Crippen LogP) is 1.09. The standard InChI is InChI=1S/C15H29NO5S/c1-2-3-4-5-6-7-13-22(20,21)14-8-15(19)16(9-11-17)10-12-18/h8,14,17-18H,2-7,9-13H2,1H3. The summed E-state index contributed by atoms with van der Waals surface area (Å²) in [6, 6.07) is 0. The number of carbonyl (C=O) groups excluding carboxylic acids is 1. The van der Waals surface area contributed by atoms with Crippen molar-refractivity contribution in [3.8, 4) is 0 Å². The van der Waals surface area contributed by atoms with E-state index in [1.165, 1.54) is 11.3 Å². The highest BCUT2D eigenvalue weighted by atomic mass is 32.2. The first kappa shape index (κ1) is 21.1. The molecule has 2 N–H and O–H groups in total. The maximum atomic E-state index is 11.8. The number of hydrogen-bond donors (Lipinski definition) is 2. The first-order valence-electron chi connectivity index (χ1n) is 7.88. The molecule has 0 aromatic heterocycles. The summed E-state index contributed by atoms with van der Waals surface area (Å²) in [4.78, 5) is 13.0. The molecular weight excluding hydrogens is 306 g/mol. The normalized spacial score (nSPS) is 12.0. The van der Waals surface area contributed by atoms with Gasteiger partial charge in [0, 0.05) is 24.6 Å². The summed E-state index contributed by atoms with van der Waals surface area (Å²) in [6.07, 6.45) is 6.96. The van der Waals surface area contributed by atoms with Crippen LogP contribution < -0.4 is 0 Å². The summed E-state index contributed by atoms with van der Waals surface area (Å²) in [7, 11) is -3.39. The number of aliphatic hydroxyl groups excluding tert-OH is 2. The largest absolute Gasteiger partial charge is 0.395 e. The van der Waals surface area contributed by atoms with E-state index < -0.39 is 15.7 Å². The van der Waals surface area contributed by atoms with Crippen LogP contribution in [0.25, 0.3) is 0 Å². The van der Waals surface area contributed by atoms with E-state index in [0.717, 1.165) is 37.2 Å². The minimum absolute atomic E-state index is 0.0445. The average molecular weight is 335 g/mol. The third kappa shape index (κ3) is 10.8. The van der Waals surface area contributed by atoms with Crippen LogP contribution in [0.4, 0.5) is 0 Å². The number of sulfone groups is 1. The fourth-order valence-corrected chi connectivity index (χ4v) is 3.06. The Labute approximate surface area is 133 Å². The lowest BCUT2D eigenvalue weighted by Crippen LogP contribution is -2.34. The van der Waals surface area contributed by atoms with Gasteiger partial charge < -0.3 is 15.1 Å². The molecule has 0 rings (SSSR count). The van der Waals surface area contributed by atoms with Crippen LogP contribution in [0.5, 0.6) is 0 Å². The van der Waals surface area contributed by atoms with Gasteiger partial charge in [0.25, 0.3) is 0 Å². The van der Waals surface area contributed by atoms with Crippen molar-refractivity contribution in [2.75, 3.05) is 32.1 Å². The topological polar surface area (TPSA) is 94.9 Å². The molecule has 0 fully saturated rings. The molecule has 0 radical (unpaired) electrons. The van der Waals surface area contributed by atoms with Gasteiger partial charge in [0.05, 0.1) is 19.0 Å². The quantitative estimate of drug-likeness (QED) is 0.388. The van der Waals surface area contributed by atoms with E-state index in [4.69, 9.17) is 10.2 Å². The molecule has 0 aliphatic carbocycles. The van der Waals surface area contributed by atoms with Crippen molar-refractivity contribution in [1.29, 1.82) is 0 Å². The molecular formula is C15H29NO5S. The summed E-state index contributed by atoms with van der Waals surface area (Å²) in [5, 5.41) is 18.6. The Balaban J connectivity index is 4.23. The van der Waals surface area contributed by atoms with Crippen molar-refractivity contribution in [3.05, 3.63) is 11.5 Å². The van der Waals surface area contributed by atoms with Crippen LogP contribution in [0.1, 0.15) is 45.4 Å². The molecule has 130 valence electrons. The van der Waals surface area contributed by atoms with Crippen molar-refractivity contribution in [1.82, 2.24) is 4.90 Å². The van der Waals surface area contributed by atoms with E-state index in [0.29, 0.717) is 6.42 Å². The van der Waals surface area contributed by atoms with Crippen molar-refractivity contribution in [2.24, 2.45) is 0 Å². The second-order valence-corrected chi connectivity index (χ2v) is 7.22. The highest BCUT2D eigenvalue weighted by molar-refractivity contribution is 7.94. The molecule has 6 nitrogen and oxygen atoms in total. The molecule has 1 amide bonds. The van der Waals surface area contributed by atoms with Crippen molar-refractivity contribution >= 4 is 15.7 Å². The lowest BCUT2D eigenvalue weighted by atomic mass is 10.1. The lowest BCUT2D eigenvalue weighted by molar-refractivity contribution is -0.127. The lowest BCUT2D eigenvalue weighted by Gasteiger charge is -2.18. The second-order valence-electron chi connectivity index (χ2n) is 5.21. The van der Waals surface area contributed by atoms with Gasteiger partial charge in [0.2, 0.25) is 5.91 Å². The van der Waals surface area contributed by atoms with Crippen LogP contribution in [-0.4, -0.2) is 61.5 Å². The molecule has 0 aliphatic heterocycles. The molecule has 0 spiro atoms. The second kappa shape index (κ2) is 12.6. The fraction of sp³-hybridized carbons (Fsp3) is 0.800. The molecule has 0 aromatic rings. The van der Waals surface area contributed by atoms with E-state index in [1.54, 1.807) is 0 Å². The summed E-state index contributed by atoms with van der Waals surface area (Å²) in [5.41, 5.74) is 0. The van der Waals surface area contributed by atoms with Gasteiger partial charge in [-0.25, -0.2) is 8.42 Å². The maximum Gasteiger partial charge on any atom is 0.247 e. The number of amides is 1. The molecule has 0 bridgehead atoms. The van der Waals surface area contributed by atoms with Gasteiger partial charge in [-0.2, -0.15) is 0 Å². The monoisotopic (exact) mass is 335 g/mol. The Morgan fingerprint density at radius 2 is 1.55 bits per heavy atom. The molecule has 0 unspecified atom stereocenters. The smallest absolute Gasteiger partial charge is 0.247 e. The number of nitrogens with zero attached hydrogens (tertiary/aromatic N) is 1. The first-order chi connectivity index (χ1) is 10.5. The summed E-state index contributed by atoms with van der Waals surface area (Å²) in [6.45, 7) is 1.81. The number of aliphatic hydroxyl groups is 2. The molecule has 0 saturated heterocycles. The minimum Gasteiger partial charge on any atom is -0.395 e. The number of carbonyl (C=O) groups is 1. The van der Waals surface area contributed by atoms with Crippen LogP contribution in [0.2, 0.25) is 0 Å². The van der Waals surface area contributed by atoms with Crippen LogP contribution in [0.15, 0.2) is 11.5 Å². The summed E-state index contributed by atoms with van der Waals surface area (Å²) >= 11 is 0. The van der Waals surface area contributed by atoms with Crippen LogP contribution >= 0.6 is 0 Å². The Bertz CT molecular complexity index is 414. The summed E-state index contributed by atoms with van der Waals surface area (Å²) in [5.74, 6) is -0.474. The summed E-state index contributed by atoms with van der Waals surface area (Å²) < 4.78 is 23.6. The van der Waals surface area contributed by atoms with Crippen molar-refractivity contribution in [2.45, 2.75) is 45.4 Å². The molecule has 0 heterocycles. The van der Waals surface area contributed by atoms with Crippen molar-refractivity contribution < 1.29 is 23.4 Å². The van der Waals surface area contributed by atoms with Gasteiger partial charge in [-0.1, -0.05) is 39.0 Å². The Morgan fingerprint density at radius 3 is 2.09 bits per heavy atom. The third-order valence-corrected chi connectivity index (χ3v) is 4.66. The van der Waals surface area contributed by atoms with Crippen LogP contribution in [-0.2, 0) is 14.6 Å². The number of unbranched alkanes of at least 4 members (excludes halogenated alkanes) is 5. The molecule has 0 aromatic carbocycles. The highest BCUT2D eigenvalue weighted by Gasteiger charge is 2.11. The van der Waals surface area contributed by atoms with E-state index in [1.807, 2.05) is 0 Å². The maximum absolute atomic E-state index is 11.8. The van der Waals surface area contributed by atoms with E-state index in [2.05, 4.69) is 6.92 Å². The zero-order valence-electron chi connectivity index (χ0n) is 13.4. The highest BCUT2D eigenvalue weighted by Crippen LogP contribution is 2.07. The molecule has 0 aliphatic rings.